The first-order valence-corrected chi connectivity index (χ1v) is 6.19. The summed E-state index contributed by atoms with van der Waals surface area (Å²) >= 11 is 0. The summed E-state index contributed by atoms with van der Waals surface area (Å²) in [7, 11) is 0. The third-order valence-electron chi connectivity index (χ3n) is 2.59. The van der Waals surface area contributed by atoms with Crippen LogP contribution in [0.4, 0.5) is 5.82 Å². The number of benzene rings is 1. The molecule has 0 radical (unpaired) electrons. The number of hydrazine groups is 1. The zero-order valence-corrected chi connectivity index (χ0v) is 10.9. The number of anilines is 1. The lowest BCUT2D eigenvalue weighted by Gasteiger charge is -2.09. The SMILES string of the molecule is NNc1ncccc1C(=O)NCCOc1ccccc1. The Balaban J connectivity index is 1.81. The Morgan fingerprint density at radius 2 is 2.00 bits per heavy atom. The molecule has 0 aliphatic carbocycles. The largest absolute Gasteiger partial charge is 0.492 e. The van der Waals surface area contributed by atoms with Crippen LogP contribution in [0.25, 0.3) is 0 Å². The molecular weight excluding hydrogens is 256 g/mol. The summed E-state index contributed by atoms with van der Waals surface area (Å²) in [5, 5.41) is 2.74. The van der Waals surface area contributed by atoms with E-state index in [0.29, 0.717) is 24.5 Å². The average molecular weight is 272 g/mol. The molecule has 6 heteroatoms. The van der Waals surface area contributed by atoms with Crippen LogP contribution < -0.4 is 21.3 Å². The highest BCUT2D eigenvalue weighted by Gasteiger charge is 2.10. The van der Waals surface area contributed by atoms with E-state index in [2.05, 4.69) is 15.7 Å². The van der Waals surface area contributed by atoms with Gasteiger partial charge in [0.1, 0.15) is 12.4 Å². The zero-order valence-electron chi connectivity index (χ0n) is 10.9. The normalized spacial score (nSPS) is 9.85. The van der Waals surface area contributed by atoms with Crippen LogP contribution in [0, 0.1) is 0 Å². The van der Waals surface area contributed by atoms with Crippen molar-refractivity contribution in [2.45, 2.75) is 0 Å². The van der Waals surface area contributed by atoms with E-state index in [-0.39, 0.29) is 5.91 Å². The Morgan fingerprint density at radius 1 is 1.20 bits per heavy atom. The fourth-order valence-corrected chi connectivity index (χ4v) is 1.65. The summed E-state index contributed by atoms with van der Waals surface area (Å²) in [4.78, 5) is 15.9. The third kappa shape index (κ3) is 3.69. The minimum absolute atomic E-state index is 0.247. The molecule has 0 aliphatic rings. The molecule has 1 aromatic carbocycles. The predicted molar refractivity (Wildman–Crippen MR) is 76.3 cm³/mol. The van der Waals surface area contributed by atoms with Gasteiger partial charge < -0.3 is 15.5 Å². The summed E-state index contributed by atoms with van der Waals surface area (Å²) in [5.41, 5.74) is 2.79. The molecule has 0 saturated carbocycles. The van der Waals surface area contributed by atoms with Gasteiger partial charge in [0, 0.05) is 6.20 Å². The standard InChI is InChI=1S/C14H16N4O2/c15-18-13-12(7-4-8-16-13)14(19)17-9-10-20-11-5-2-1-3-6-11/h1-8H,9-10,15H2,(H,16,18)(H,17,19). The smallest absolute Gasteiger partial charge is 0.255 e. The molecule has 1 amide bonds. The molecule has 0 spiro atoms. The quantitative estimate of drug-likeness (QED) is 0.417. The van der Waals surface area contributed by atoms with Crippen molar-refractivity contribution in [3.05, 3.63) is 54.2 Å². The van der Waals surface area contributed by atoms with Gasteiger partial charge in [-0.05, 0) is 24.3 Å². The molecule has 104 valence electrons. The average Bonchev–Trinajstić information content (AvgIpc) is 2.52. The van der Waals surface area contributed by atoms with Gasteiger partial charge >= 0.3 is 0 Å². The highest BCUT2D eigenvalue weighted by atomic mass is 16.5. The summed E-state index contributed by atoms with van der Waals surface area (Å²) < 4.78 is 5.48. The number of nitrogen functional groups attached to an aromatic ring is 1. The summed E-state index contributed by atoms with van der Waals surface area (Å²) in [6, 6.07) is 12.7. The topological polar surface area (TPSA) is 89.3 Å². The molecule has 6 nitrogen and oxygen atoms in total. The molecule has 1 heterocycles. The molecule has 2 aromatic rings. The molecule has 1 aromatic heterocycles. The number of para-hydroxylation sites is 1. The Morgan fingerprint density at radius 3 is 2.75 bits per heavy atom. The van der Waals surface area contributed by atoms with Gasteiger partial charge in [-0.15, -0.1) is 0 Å². The van der Waals surface area contributed by atoms with Crippen molar-refractivity contribution in [2.75, 3.05) is 18.6 Å². The van der Waals surface area contributed by atoms with E-state index in [0.717, 1.165) is 5.75 Å². The number of hydrogen-bond donors (Lipinski definition) is 3. The monoisotopic (exact) mass is 272 g/mol. The Bertz CT molecular complexity index is 560. The van der Waals surface area contributed by atoms with Crippen molar-refractivity contribution in [1.29, 1.82) is 0 Å². The number of hydrogen-bond acceptors (Lipinski definition) is 5. The molecule has 2 rings (SSSR count). The van der Waals surface area contributed by atoms with Gasteiger partial charge in [-0.2, -0.15) is 0 Å². The van der Waals surface area contributed by atoms with Gasteiger partial charge in [0.05, 0.1) is 12.1 Å². The summed E-state index contributed by atoms with van der Waals surface area (Å²) in [6.45, 7) is 0.786. The molecular formula is C14H16N4O2. The maximum atomic E-state index is 11.9. The number of nitrogens with one attached hydrogen (secondary N) is 2. The zero-order chi connectivity index (χ0) is 14.2. The minimum atomic E-state index is -0.247. The fourth-order valence-electron chi connectivity index (χ4n) is 1.65. The van der Waals surface area contributed by atoms with Gasteiger partial charge in [0.15, 0.2) is 5.82 Å². The number of ether oxygens (including phenoxy) is 1. The van der Waals surface area contributed by atoms with E-state index < -0.39 is 0 Å². The van der Waals surface area contributed by atoms with Crippen molar-refractivity contribution >= 4 is 11.7 Å². The molecule has 0 saturated heterocycles. The van der Waals surface area contributed by atoms with Crippen molar-refractivity contribution in [3.63, 3.8) is 0 Å². The van der Waals surface area contributed by atoms with Crippen molar-refractivity contribution in [2.24, 2.45) is 5.84 Å². The highest BCUT2D eigenvalue weighted by molar-refractivity contribution is 5.98. The fraction of sp³-hybridized carbons (Fsp3) is 0.143. The first kappa shape index (κ1) is 13.8. The molecule has 4 N–H and O–H groups in total. The van der Waals surface area contributed by atoms with Crippen molar-refractivity contribution in [3.8, 4) is 5.75 Å². The second kappa shape index (κ2) is 7.10. The van der Waals surface area contributed by atoms with E-state index in [1.54, 1.807) is 18.3 Å². The van der Waals surface area contributed by atoms with E-state index in [1.807, 2.05) is 30.3 Å². The maximum absolute atomic E-state index is 11.9. The van der Waals surface area contributed by atoms with Crippen LogP contribution in [0.2, 0.25) is 0 Å². The van der Waals surface area contributed by atoms with Crippen molar-refractivity contribution < 1.29 is 9.53 Å². The molecule has 0 bridgehead atoms. The lowest BCUT2D eigenvalue weighted by Crippen LogP contribution is -2.29. The molecule has 0 aliphatic heterocycles. The van der Waals surface area contributed by atoms with Crippen LogP contribution in [0.15, 0.2) is 48.7 Å². The number of nitrogens with two attached hydrogens (primary N) is 1. The van der Waals surface area contributed by atoms with Gasteiger partial charge in [0.25, 0.3) is 5.91 Å². The lowest BCUT2D eigenvalue weighted by atomic mass is 10.2. The molecule has 0 atom stereocenters. The number of aromatic nitrogens is 1. The summed E-state index contributed by atoms with van der Waals surface area (Å²) in [5.74, 6) is 6.17. The number of pyridine rings is 1. The molecule has 20 heavy (non-hydrogen) atoms. The van der Waals surface area contributed by atoms with E-state index in [4.69, 9.17) is 10.6 Å². The molecule has 0 unspecified atom stereocenters. The number of nitrogens with zero attached hydrogens (tertiary/aromatic N) is 1. The lowest BCUT2D eigenvalue weighted by molar-refractivity contribution is 0.0947. The van der Waals surface area contributed by atoms with Gasteiger partial charge in [-0.3, -0.25) is 4.79 Å². The summed E-state index contributed by atoms with van der Waals surface area (Å²) in [6.07, 6.45) is 1.56. The third-order valence-corrected chi connectivity index (χ3v) is 2.59. The minimum Gasteiger partial charge on any atom is -0.492 e. The second-order valence-corrected chi connectivity index (χ2v) is 3.96. The van der Waals surface area contributed by atoms with Gasteiger partial charge in [-0.1, -0.05) is 18.2 Å². The first-order chi connectivity index (χ1) is 9.81. The van der Waals surface area contributed by atoms with Crippen LogP contribution in [-0.4, -0.2) is 24.0 Å². The second-order valence-electron chi connectivity index (χ2n) is 3.96. The van der Waals surface area contributed by atoms with Crippen molar-refractivity contribution in [1.82, 2.24) is 10.3 Å². The number of carbonyl (C=O) groups is 1. The van der Waals surface area contributed by atoms with Crippen LogP contribution in [0.5, 0.6) is 5.75 Å². The molecule has 0 fully saturated rings. The van der Waals surface area contributed by atoms with E-state index >= 15 is 0 Å². The Kier molecular flexibility index (Phi) is 4.91. The van der Waals surface area contributed by atoms with Crippen LogP contribution in [0.1, 0.15) is 10.4 Å². The number of amides is 1. The van der Waals surface area contributed by atoms with E-state index in [9.17, 15) is 4.79 Å². The van der Waals surface area contributed by atoms with Crippen LogP contribution >= 0.6 is 0 Å². The van der Waals surface area contributed by atoms with Gasteiger partial charge in [-0.25, -0.2) is 10.8 Å². The van der Waals surface area contributed by atoms with Gasteiger partial charge in [0.2, 0.25) is 0 Å². The Labute approximate surface area is 116 Å². The number of rotatable bonds is 6. The van der Waals surface area contributed by atoms with Crippen LogP contribution in [-0.2, 0) is 0 Å². The number of carbonyl (C=O) groups excluding carboxylic acids is 1. The highest BCUT2D eigenvalue weighted by Crippen LogP contribution is 2.09. The van der Waals surface area contributed by atoms with Crippen LogP contribution in [0.3, 0.4) is 0 Å². The van der Waals surface area contributed by atoms with E-state index in [1.165, 1.54) is 0 Å². The predicted octanol–water partition coefficient (Wildman–Crippen LogP) is 1.18. The Hall–Kier alpha value is -2.60. The first-order valence-electron chi connectivity index (χ1n) is 6.19. The maximum Gasteiger partial charge on any atom is 0.255 e.